The van der Waals surface area contributed by atoms with Crippen molar-refractivity contribution >= 4 is 32.7 Å². The summed E-state index contributed by atoms with van der Waals surface area (Å²) in [4.78, 5) is 17.2. The van der Waals surface area contributed by atoms with Gasteiger partial charge in [-0.2, -0.15) is 9.57 Å². The van der Waals surface area contributed by atoms with Crippen LogP contribution < -0.4 is 5.32 Å². The van der Waals surface area contributed by atoms with Crippen molar-refractivity contribution in [3.63, 3.8) is 0 Å². The monoisotopic (exact) mass is 451 g/mol. The molecule has 2 aromatic carbocycles. The zero-order chi connectivity index (χ0) is 22.7. The van der Waals surface area contributed by atoms with Crippen LogP contribution in [0.1, 0.15) is 37.1 Å². The number of nitrogens with zero attached hydrogens (tertiary/aromatic N) is 4. The number of nitriles is 1. The van der Waals surface area contributed by atoms with Crippen LogP contribution in [0.4, 0.5) is 5.69 Å². The lowest BCUT2D eigenvalue weighted by Crippen LogP contribution is -2.35. The number of aryl methyl sites for hydroxylation is 2. The normalized spacial score (nSPS) is 14.9. The van der Waals surface area contributed by atoms with E-state index in [1.54, 1.807) is 46.8 Å². The standard InChI is InChI=1S/C23H25N5O3S/c1-27-21-9-8-19(32(30,31)28-12-3-2-4-13-28)15-20(21)26-22(27)10-11-23(29)25-18-7-5-6-17(14-18)16-24/h5-9,14-15H,2-4,10-13H2,1H3,(H,25,29). The molecule has 1 aliphatic heterocycles. The van der Waals surface area contributed by atoms with Gasteiger partial charge in [-0.1, -0.05) is 12.5 Å². The Morgan fingerprint density at radius 3 is 2.69 bits per heavy atom. The van der Waals surface area contributed by atoms with E-state index in [0.717, 1.165) is 24.8 Å². The number of carbonyl (C=O) groups excluding carboxylic acids is 1. The molecule has 3 aromatic rings. The first-order chi connectivity index (χ1) is 15.4. The highest BCUT2D eigenvalue weighted by atomic mass is 32.2. The van der Waals surface area contributed by atoms with Crippen LogP contribution in [0.5, 0.6) is 0 Å². The Hall–Kier alpha value is -3.22. The Balaban J connectivity index is 1.48. The molecule has 1 aromatic heterocycles. The summed E-state index contributed by atoms with van der Waals surface area (Å²) in [5.74, 6) is 0.522. The number of carbonyl (C=O) groups is 1. The maximum absolute atomic E-state index is 13.0. The molecule has 0 spiro atoms. The molecular formula is C23H25N5O3S. The zero-order valence-corrected chi connectivity index (χ0v) is 18.7. The van der Waals surface area contributed by atoms with Crippen molar-refractivity contribution in [2.75, 3.05) is 18.4 Å². The lowest BCUT2D eigenvalue weighted by atomic mass is 10.2. The SMILES string of the molecule is Cn1c(CCC(=O)Nc2cccc(C#N)c2)nc2cc(S(=O)(=O)N3CCCCC3)ccc21. The van der Waals surface area contributed by atoms with Crippen LogP contribution in [0, 0.1) is 11.3 Å². The number of sulfonamides is 1. The first-order valence-corrected chi connectivity index (χ1v) is 12.1. The fourth-order valence-electron chi connectivity index (χ4n) is 3.98. The molecule has 0 aliphatic carbocycles. The van der Waals surface area contributed by atoms with Crippen molar-refractivity contribution in [2.45, 2.75) is 37.0 Å². The fourth-order valence-corrected chi connectivity index (χ4v) is 5.52. The van der Waals surface area contributed by atoms with Crippen molar-refractivity contribution in [3.8, 4) is 6.07 Å². The van der Waals surface area contributed by atoms with E-state index in [2.05, 4.69) is 10.3 Å². The summed E-state index contributed by atoms with van der Waals surface area (Å²) >= 11 is 0. The van der Waals surface area contributed by atoms with E-state index in [4.69, 9.17) is 5.26 Å². The highest BCUT2D eigenvalue weighted by Gasteiger charge is 2.26. The maximum atomic E-state index is 13.0. The van der Waals surface area contributed by atoms with Gasteiger partial charge in [-0.15, -0.1) is 0 Å². The number of nitrogens with one attached hydrogen (secondary N) is 1. The summed E-state index contributed by atoms with van der Waals surface area (Å²) in [6.45, 7) is 1.11. The lowest BCUT2D eigenvalue weighted by molar-refractivity contribution is -0.116. The Bertz CT molecular complexity index is 1300. The number of hydrogen-bond donors (Lipinski definition) is 1. The molecule has 8 nitrogen and oxygen atoms in total. The molecule has 32 heavy (non-hydrogen) atoms. The molecule has 0 radical (unpaired) electrons. The van der Waals surface area contributed by atoms with Gasteiger partial charge in [-0.05, 0) is 49.2 Å². The molecule has 1 fully saturated rings. The van der Waals surface area contributed by atoms with Crippen LogP contribution >= 0.6 is 0 Å². The maximum Gasteiger partial charge on any atom is 0.243 e. The summed E-state index contributed by atoms with van der Waals surface area (Å²) in [7, 11) is -1.67. The summed E-state index contributed by atoms with van der Waals surface area (Å²) in [6, 6.07) is 13.8. The minimum Gasteiger partial charge on any atom is -0.331 e. The third-order valence-electron chi connectivity index (χ3n) is 5.75. The fraction of sp³-hybridized carbons (Fsp3) is 0.348. The van der Waals surface area contributed by atoms with Crippen molar-refractivity contribution in [2.24, 2.45) is 7.05 Å². The predicted molar refractivity (Wildman–Crippen MR) is 121 cm³/mol. The van der Waals surface area contributed by atoms with E-state index in [-0.39, 0.29) is 17.2 Å². The molecule has 1 N–H and O–H groups in total. The minimum absolute atomic E-state index is 0.180. The molecule has 0 saturated carbocycles. The smallest absolute Gasteiger partial charge is 0.243 e. The second-order valence-electron chi connectivity index (χ2n) is 7.94. The Morgan fingerprint density at radius 2 is 1.94 bits per heavy atom. The van der Waals surface area contributed by atoms with Crippen molar-refractivity contribution in [1.29, 1.82) is 5.26 Å². The number of anilines is 1. The third-order valence-corrected chi connectivity index (χ3v) is 7.64. The van der Waals surface area contributed by atoms with Crippen LogP contribution in [-0.2, 0) is 28.3 Å². The topological polar surface area (TPSA) is 108 Å². The van der Waals surface area contributed by atoms with Crippen molar-refractivity contribution in [3.05, 3.63) is 53.9 Å². The van der Waals surface area contributed by atoms with E-state index in [1.807, 2.05) is 17.7 Å². The van der Waals surface area contributed by atoms with Gasteiger partial charge in [-0.25, -0.2) is 13.4 Å². The molecule has 4 rings (SSSR count). The highest BCUT2D eigenvalue weighted by molar-refractivity contribution is 7.89. The molecule has 2 heterocycles. The van der Waals surface area contributed by atoms with Crippen molar-refractivity contribution in [1.82, 2.24) is 13.9 Å². The average molecular weight is 452 g/mol. The number of piperidine rings is 1. The summed E-state index contributed by atoms with van der Waals surface area (Å²) in [6.07, 6.45) is 3.46. The number of amides is 1. The number of benzene rings is 2. The Kier molecular flexibility index (Phi) is 6.26. The number of fused-ring (bicyclic) bond motifs is 1. The highest BCUT2D eigenvalue weighted by Crippen LogP contribution is 2.25. The van der Waals surface area contributed by atoms with Crippen LogP contribution in [0.3, 0.4) is 0 Å². The molecule has 1 aliphatic rings. The molecule has 0 atom stereocenters. The van der Waals surface area contributed by atoms with Gasteiger partial charge >= 0.3 is 0 Å². The predicted octanol–water partition coefficient (Wildman–Crippen LogP) is 3.19. The van der Waals surface area contributed by atoms with Crippen LogP contribution in [0.25, 0.3) is 11.0 Å². The molecular weight excluding hydrogens is 426 g/mol. The zero-order valence-electron chi connectivity index (χ0n) is 17.9. The second-order valence-corrected chi connectivity index (χ2v) is 9.88. The minimum atomic E-state index is -3.53. The van der Waals surface area contributed by atoms with E-state index in [1.165, 1.54) is 0 Å². The molecule has 1 saturated heterocycles. The van der Waals surface area contributed by atoms with Gasteiger partial charge in [0, 0.05) is 38.7 Å². The Morgan fingerprint density at radius 1 is 1.16 bits per heavy atom. The van der Waals surface area contributed by atoms with Crippen LogP contribution in [0.15, 0.2) is 47.4 Å². The van der Waals surface area contributed by atoms with E-state index in [9.17, 15) is 13.2 Å². The average Bonchev–Trinajstić information content (AvgIpc) is 3.13. The number of hydrogen-bond acceptors (Lipinski definition) is 5. The van der Waals surface area contributed by atoms with Gasteiger partial charge in [0.15, 0.2) is 0 Å². The molecule has 0 unspecified atom stereocenters. The first kappa shape index (κ1) is 22.0. The quantitative estimate of drug-likeness (QED) is 0.619. The van der Waals surface area contributed by atoms with Crippen molar-refractivity contribution < 1.29 is 13.2 Å². The summed E-state index contributed by atoms with van der Waals surface area (Å²) < 4.78 is 29.4. The van der Waals surface area contributed by atoms with E-state index < -0.39 is 10.0 Å². The third kappa shape index (κ3) is 4.52. The van der Waals surface area contributed by atoms with Gasteiger partial charge in [-0.3, -0.25) is 4.79 Å². The summed E-state index contributed by atoms with van der Waals surface area (Å²) in [5.41, 5.74) is 2.47. The van der Waals surface area contributed by atoms with Gasteiger partial charge in [0.2, 0.25) is 15.9 Å². The van der Waals surface area contributed by atoms with Crippen LogP contribution in [0.2, 0.25) is 0 Å². The number of aromatic nitrogens is 2. The lowest BCUT2D eigenvalue weighted by Gasteiger charge is -2.25. The van der Waals surface area contributed by atoms with Gasteiger partial charge < -0.3 is 9.88 Å². The molecule has 0 bridgehead atoms. The number of rotatable bonds is 6. The summed E-state index contributed by atoms with van der Waals surface area (Å²) in [5, 5.41) is 11.8. The number of imidazole rings is 1. The van der Waals surface area contributed by atoms with Gasteiger partial charge in [0.05, 0.1) is 27.6 Å². The first-order valence-electron chi connectivity index (χ1n) is 10.6. The van der Waals surface area contributed by atoms with Crippen LogP contribution in [-0.4, -0.2) is 41.3 Å². The van der Waals surface area contributed by atoms with Gasteiger partial charge in [0.25, 0.3) is 0 Å². The molecule has 166 valence electrons. The largest absolute Gasteiger partial charge is 0.331 e. The van der Waals surface area contributed by atoms with E-state index in [0.29, 0.717) is 42.1 Å². The molecule has 9 heteroatoms. The Labute approximate surface area is 187 Å². The molecule has 1 amide bonds. The second kappa shape index (κ2) is 9.10. The van der Waals surface area contributed by atoms with Gasteiger partial charge in [0.1, 0.15) is 5.82 Å². The van der Waals surface area contributed by atoms with E-state index >= 15 is 0 Å².